The molecule has 2 heterocycles. The second-order valence-electron chi connectivity index (χ2n) is 28.7. The first-order valence-corrected chi connectivity index (χ1v) is 37.3. The van der Waals surface area contributed by atoms with Gasteiger partial charge < -0.3 is 51.0 Å². The van der Waals surface area contributed by atoms with E-state index in [0.717, 1.165) is 36.1 Å². The van der Waals surface area contributed by atoms with E-state index in [2.05, 4.69) is 22.9 Å². The summed E-state index contributed by atoms with van der Waals surface area (Å²) in [6, 6.07) is 12.9. The molecule has 2 saturated heterocycles. The van der Waals surface area contributed by atoms with Crippen molar-refractivity contribution in [2.75, 3.05) is 59.0 Å². The second kappa shape index (κ2) is 42.6. The number of hydrogen-bond donors (Lipinski definition) is 5. The molecule has 0 aliphatic carbocycles. The van der Waals surface area contributed by atoms with Crippen LogP contribution in [0.3, 0.4) is 0 Å². The van der Waals surface area contributed by atoms with Crippen LogP contribution in [-0.2, 0) is 63.8 Å². The van der Waals surface area contributed by atoms with E-state index in [1.807, 2.05) is 99.6 Å². The Labute approximate surface area is 594 Å². The molecule has 0 radical (unpaired) electrons. The third-order valence-corrected chi connectivity index (χ3v) is 21.5. The molecule has 13 atom stereocenters. The van der Waals surface area contributed by atoms with E-state index < -0.39 is 66.1 Å². The molecule has 99 heavy (non-hydrogen) atoms. The summed E-state index contributed by atoms with van der Waals surface area (Å²) in [7, 11) is 6.41. The van der Waals surface area contributed by atoms with Gasteiger partial charge in [-0.25, -0.2) is 4.79 Å². The van der Waals surface area contributed by atoms with Crippen molar-refractivity contribution < 1.29 is 67.3 Å². The summed E-state index contributed by atoms with van der Waals surface area (Å²) in [5.74, 6) is -5.08. The average Bonchev–Trinajstić information content (AvgIpc) is 1.80. The number of ketones is 3. The zero-order valence-electron chi connectivity index (χ0n) is 62.0. The number of likely N-dealkylation sites (N-methyl/N-ethyl adjacent to an activating group) is 2. The highest BCUT2D eigenvalue weighted by atomic mass is 32.2. The maximum absolute atomic E-state index is 14.9. The first kappa shape index (κ1) is 84.9. The quantitative estimate of drug-likeness (QED) is 0.0304. The van der Waals surface area contributed by atoms with Crippen LogP contribution < -0.4 is 21.7 Å². The molecule has 2 aliphatic heterocycles. The number of amides is 9. The number of thioether (sulfide) groups is 1. The number of unbranched alkanes of at least 4 members (excludes halogenated alkanes) is 3. The van der Waals surface area contributed by atoms with E-state index in [0.29, 0.717) is 63.7 Å². The van der Waals surface area contributed by atoms with E-state index in [1.165, 1.54) is 28.7 Å². The summed E-state index contributed by atoms with van der Waals surface area (Å²) in [6.45, 7) is 21.9. The van der Waals surface area contributed by atoms with Crippen molar-refractivity contribution in [2.45, 2.75) is 239 Å². The Morgan fingerprint density at radius 2 is 1.41 bits per heavy atom. The Hall–Kier alpha value is -6.56. The summed E-state index contributed by atoms with van der Waals surface area (Å²) in [4.78, 5) is 156. The summed E-state index contributed by atoms with van der Waals surface area (Å²) in [5, 5.41) is 19.0. The fraction of sp³-hybridized carbons (Fsp3) is 0.697. The van der Waals surface area contributed by atoms with Crippen molar-refractivity contribution >= 4 is 82.2 Å². The zero-order valence-corrected chi connectivity index (χ0v) is 62.8. The third kappa shape index (κ3) is 25.8. The molecule has 554 valence electrons. The van der Waals surface area contributed by atoms with Crippen molar-refractivity contribution in [2.24, 2.45) is 53.1 Å². The number of aryl methyl sites for hydroxylation is 1. The molecule has 0 bridgehead atoms. The van der Waals surface area contributed by atoms with Crippen LogP contribution in [0.5, 0.6) is 0 Å². The van der Waals surface area contributed by atoms with Gasteiger partial charge in [-0.15, -0.1) is 11.8 Å². The average molecular weight is 1400 g/mol. The molecule has 2 aliphatic rings. The topological polar surface area (TPSA) is 302 Å². The minimum atomic E-state index is -0.873. The Bertz CT molecular complexity index is 2950. The number of urea groups is 1. The number of likely N-dealkylation sites (tertiary alicyclic amines) is 2. The minimum absolute atomic E-state index is 0.0398. The number of aliphatic hydroxyl groups is 1. The van der Waals surface area contributed by atoms with Crippen molar-refractivity contribution in [3.05, 3.63) is 65.7 Å². The van der Waals surface area contributed by atoms with Crippen molar-refractivity contribution in [1.82, 2.24) is 30.2 Å². The summed E-state index contributed by atoms with van der Waals surface area (Å²) in [5.41, 5.74) is 7.26. The number of primary amides is 1. The highest BCUT2D eigenvalue weighted by Crippen LogP contribution is 2.34. The molecular formula is C76H120N8O14S. The van der Waals surface area contributed by atoms with E-state index in [1.54, 1.807) is 55.3 Å². The molecule has 0 aromatic heterocycles. The van der Waals surface area contributed by atoms with E-state index >= 15 is 0 Å². The van der Waals surface area contributed by atoms with Crippen LogP contribution in [0.15, 0.2) is 54.6 Å². The van der Waals surface area contributed by atoms with Crippen molar-refractivity contribution in [3.63, 3.8) is 0 Å². The van der Waals surface area contributed by atoms with Crippen LogP contribution >= 0.6 is 11.8 Å². The Morgan fingerprint density at radius 3 is 2.01 bits per heavy atom. The SMILES string of the molecule is CCCCSC1CC(=O)N(CCCCCC(=O)N[C@H](C(=O)C[C@@H](CCCNC(N)=O)C(=O)Nc2ccc(CCC(=O)N(C)[C@H](C(=O)C[C@H](C(=O)N(C)C([C@@H](C)CC)[C@@H](CC(=O)N3CCC[C@H]3[C@H](OC)[C@@H](C)C(=O)C[C@H](C)[C@@H](O)c3ccccc3)OC)C(C)C)C(C)C)cc2)C(C)C)C1=O. The lowest BCUT2D eigenvalue weighted by Gasteiger charge is -2.41. The van der Waals surface area contributed by atoms with Crippen LogP contribution in [0.25, 0.3) is 0 Å². The number of methoxy groups -OCH3 is 2. The number of hydrogen-bond acceptors (Lipinski definition) is 15. The number of aliphatic hydroxyl groups excluding tert-OH is 1. The predicted octanol–water partition coefficient (Wildman–Crippen LogP) is 9.91. The van der Waals surface area contributed by atoms with Gasteiger partial charge in [0.2, 0.25) is 41.4 Å². The van der Waals surface area contributed by atoms with Gasteiger partial charge in [0.1, 0.15) is 5.78 Å². The standard InChI is InChI=1S/C76H120N8O14S/c1-16-18-41-99-63-46-67(91)84(75(63)95)39-24-20-23-31-64(88)80-68(48(5)6)60(86)43-55(29-25-38-78-76(77)96)73(93)79-56-35-32-53(33-36-56)34-37-65(89)81(12)69(49(7)8)61(87)44-57(47(3)4)74(94)82(13)70(50(9)17-2)62(97-14)45-66(90)83-40-26-30-58(83)72(98-15)52(11)59(85)42-51(10)71(92)54-27-21-19-22-28-54/h19,21-22,27-28,32-33,35-36,47-52,55,57-58,62-63,68-72,92H,16-18,20,23-26,29-31,34,37-46H2,1-15H3,(H,79,93)(H,80,88)(H3,77,78,96)/t50-,51-,52-,55+,57-,58-,62+,63?,68-,69-,70?,71+,72+/m0/s1. The van der Waals surface area contributed by atoms with Crippen LogP contribution in [0.1, 0.15) is 203 Å². The number of benzene rings is 2. The number of Topliss-reactive ketones (excluding diaryl/α,β-unsaturated/α-hetero) is 3. The van der Waals surface area contributed by atoms with Crippen LogP contribution in [-0.4, -0.2) is 185 Å². The Kier molecular flexibility index (Phi) is 36.5. The number of anilines is 1. The smallest absolute Gasteiger partial charge is 0.312 e. The molecule has 23 heteroatoms. The number of nitrogens with zero attached hydrogens (tertiary/aromatic N) is 4. The first-order chi connectivity index (χ1) is 46.9. The molecule has 4 rings (SSSR count). The lowest BCUT2D eigenvalue weighted by Crippen LogP contribution is -2.54. The second-order valence-corrected chi connectivity index (χ2v) is 30.0. The summed E-state index contributed by atoms with van der Waals surface area (Å²) >= 11 is 1.53. The molecule has 0 saturated carbocycles. The van der Waals surface area contributed by atoms with Crippen LogP contribution in [0, 0.1) is 47.3 Å². The van der Waals surface area contributed by atoms with Crippen LogP contribution in [0.4, 0.5) is 10.5 Å². The zero-order chi connectivity index (χ0) is 73.8. The molecule has 2 fully saturated rings. The number of ether oxygens (including phenoxy) is 2. The first-order valence-electron chi connectivity index (χ1n) is 36.3. The normalized spacial score (nSPS) is 18.2. The van der Waals surface area contributed by atoms with Gasteiger partial charge >= 0.3 is 6.03 Å². The minimum Gasteiger partial charge on any atom is -0.388 e. The largest absolute Gasteiger partial charge is 0.388 e. The van der Waals surface area contributed by atoms with Gasteiger partial charge in [-0.05, 0) is 110 Å². The van der Waals surface area contributed by atoms with Gasteiger partial charge in [-0.2, -0.15) is 0 Å². The molecule has 6 N–H and O–H groups in total. The van der Waals surface area contributed by atoms with Crippen molar-refractivity contribution in [3.8, 4) is 0 Å². The number of carbonyl (C=O) groups excluding carboxylic acids is 11. The van der Waals surface area contributed by atoms with E-state index in [4.69, 9.17) is 15.2 Å². The molecule has 2 aromatic rings. The van der Waals surface area contributed by atoms with E-state index in [9.17, 15) is 57.8 Å². The van der Waals surface area contributed by atoms with Gasteiger partial charge in [-0.1, -0.05) is 138 Å². The lowest BCUT2D eigenvalue weighted by atomic mass is 9.83. The number of nitrogens with two attached hydrogens (primary N) is 1. The van der Waals surface area contributed by atoms with E-state index in [-0.39, 0.29) is 152 Å². The Morgan fingerprint density at radius 1 is 0.737 bits per heavy atom. The highest BCUT2D eigenvalue weighted by Gasteiger charge is 2.45. The maximum Gasteiger partial charge on any atom is 0.312 e. The molecule has 2 unspecified atom stereocenters. The van der Waals surface area contributed by atoms with Gasteiger partial charge in [0, 0.05) is 110 Å². The van der Waals surface area contributed by atoms with Crippen LogP contribution in [0.2, 0.25) is 0 Å². The maximum atomic E-state index is 14.9. The fourth-order valence-corrected chi connectivity index (χ4v) is 15.3. The fourth-order valence-electron chi connectivity index (χ4n) is 14.0. The van der Waals surface area contributed by atoms with Gasteiger partial charge in [0.15, 0.2) is 11.6 Å². The molecule has 2 aromatic carbocycles. The molecule has 0 spiro atoms. The highest BCUT2D eigenvalue weighted by molar-refractivity contribution is 8.00. The number of carbonyl (C=O) groups is 11. The number of rotatable bonds is 46. The summed E-state index contributed by atoms with van der Waals surface area (Å²) in [6.07, 6.45) is 4.61. The van der Waals surface area contributed by atoms with Gasteiger partial charge in [0.05, 0.1) is 54.2 Å². The Balaban J connectivity index is 1.36. The van der Waals surface area contributed by atoms with Gasteiger partial charge in [0.25, 0.3) is 0 Å². The lowest BCUT2D eigenvalue weighted by molar-refractivity contribution is -0.149. The van der Waals surface area contributed by atoms with Crippen molar-refractivity contribution in [1.29, 1.82) is 0 Å². The molecule has 22 nitrogen and oxygen atoms in total. The number of imide groups is 1. The molecule has 9 amide bonds. The number of nitrogens with one attached hydrogen (secondary N) is 3. The predicted molar refractivity (Wildman–Crippen MR) is 387 cm³/mol. The monoisotopic (exact) mass is 1400 g/mol. The summed E-state index contributed by atoms with van der Waals surface area (Å²) < 4.78 is 12.2. The third-order valence-electron chi connectivity index (χ3n) is 20.2. The van der Waals surface area contributed by atoms with Gasteiger partial charge in [-0.3, -0.25) is 52.8 Å². The molecular weight excluding hydrogens is 1280 g/mol.